The molecule has 1 aromatic heterocycles. The molecule has 37 heavy (non-hydrogen) atoms. The van der Waals surface area contributed by atoms with Crippen LogP contribution in [0.2, 0.25) is 0 Å². The Morgan fingerprint density at radius 3 is 1.95 bits per heavy atom. The molecule has 0 atom stereocenters. The Bertz CT molecular complexity index is 1710. The number of hydrogen-bond donors (Lipinski definition) is 0. The van der Waals surface area contributed by atoms with E-state index in [0.717, 1.165) is 0 Å². The van der Waals surface area contributed by atoms with Gasteiger partial charge in [0.25, 0.3) is 0 Å². The highest BCUT2D eigenvalue weighted by atomic mass is 15.0. The summed E-state index contributed by atoms with van der Waals surface area (Å²) in [6.07, 6.45) is 2.30. The third-order valence-electron chi connectivity index (χ3n) is 7.10. The molecule has 0 spiro atoms. The van der Waals surface area contributed by atoms with Crippen LogP contribution in [0.15, 0.2) is 133 Å². The zero-order valence-corrected chi connectivity index (χ0v) is 21.2. The topological polar surface area (TPSA) is 4.93 Å². The first-order valence-electron chi connectivity index (χ1n) is 12.8. The predicted octanol–water partition coefficient (Wildman–Crippen LogP) is 9.83. The van der Waals surface area contributed by atoms with E-state index in [2.05, 4.69) is 158 Å². The van der Waals surface area contributed by atoms with Crippen LogP contribution in [0.3, 0.4) is 0 Å². The monoisotopic (exact) mass is 475 g/mol. The Balaban J connectivity index is 1.46. The summed E-state index contributed by atoms with van der Waals surface area (Å²) in [7, 11) is 0. The number of aromatic nitrogens is 1. The first kappa shape index (κ1) is 22.8. The summed E-state index contributed by atoms with van der Waals surface area (Å²) in [4.78, 5) is 0. The van der Waals surface area contributed by atoms with Crippen LogP contribution in [0.1, 0.15) is 23.6 Å². The second-order valence-electron chi connectivity index (χ2n) is 9.60. The van der Waals surface area contributed by atoms with E-state index in [4.69, 9.17) is 0 Å². The maximum absolute atomic E-state index is 2.36. The molecule has 0 aliphatic carbocycles. The van der Waals surface area contributed by atoms with Gasteiger partial charge in [-0.15, -0.1) is 0 Å². The molecule has 0 amide bonds. The van der Waals surface area contributed by atoms with E-state index < -0.39 is 0 Å². The van der Waals surface area contributed by atoms with E-state index in [1.165, 1.54) is 61.2 Å². The van der Waals surface area contributed by atoms with E-state index in [1.807, 2.05) is 0 Å². The summed E-state index contributed by atoms with van der Waals surface area (Å²) >= 11 is 0. The molecule has 0 bridgehead atoms. The average Bonchev–Trinajstić information content (AvgIpc) is 3.34. The van der Waals surface area contributed by atoms with Crippen LogP contribution in [0.5, 0.6) is 0 Å². The SMILES string of the molecule is C/C(=C\c1cc(-c2ccc3c(c2)cc(-c2ccccc2)n3-c2ccccc2)ccc1C)c1ccccc1. The fourth-order valence-corrected chi connectivity index (χ4v) is 5.06. The van der Waals surface area contributed by atoms with E-state index in [0.29, 0.717) is 0 Å². The Morgan fingerprint density at radius 1 is 0.595 bits per heavy atom. The highest BCUT2D eigenvalue weighted by molar-refractivity contribution is 5.93. The highest BCUT2D eigenvalue weighted by Crippen LogP contribution is 2.34. The molecule has 0 radical (unpaired) electrons. The largest absolute Gasteiger partial charge is 0.309 e. The predicted molar refractivity (Wildman–Crippen MR) is 159 cm³/mol. The second kappa shape index (κ2) is 9.79. The summed E-state index contributed by atoms with van der Waals surface area (Å²) in [5.41, 5.74) is 12.3. The number of rotatable bonds is 5. The summed E-state index contributed by atoms with van der Waals surface area (Å²) in [6.45, 7) is 4.37. The van der Waals surface area contributed by atoms with Gasteiger partial charge in [-0.25, -0.2) is 0 Å². The van der Waals surface area contributed by atoms with Crippen molar-refractivity contribution in [2.45, 2.75) is 13.8 Å². The number of benzene rings is 5. The molecule has 0 unspecified atom stereocenters. The minimum Gasteiger partial charge on any atom is -0.309 e. The highest BCUT2D eigenvalue weighted by Gasteiger charge is 2.13. The van der Waals surface area contributed by atoms with Crippen LogP contribution in [0, 0.1) is 6.92 Å². The van der Waals surface area contributed by atoms with Gasteiger partial charge in [0.05, 0.1) is 11.2 Å². The fourth-order valence-electron chi connectivity index (χ4n) is 5.06. The summed E-state index contributed by atoms with van der Waals surface area (Å²) < 4.78 is 2.36. The number of para-hydroxylation sites is 1. The maximum Gasteiger partial charge on any atom is 0.0540 e. The van der Waals surface area contributed by atoms with Gasteiger partial charge < -0.3 is 4.57 Å². The van der Waals surface area contributed by atoms with Gasteiger partial charge in [0.15, 0.2) is 0 Å². The molecule has 0 N–H and O–H groups in total. The van der Waals surface area contributed by atoms with Crippen LogP contribution in [0.4, 0.5) is 0 Å². The average molecular weight is 476 g/mol. The van der Waals surface area contributed by atoms with Crippen molar-refractivity contribution in [3.63, 3.8) is 0 Å². The summed E-state index contributed by atoms with van der Waals surface area (Å²) in [5, 5.41) is 1.23. The van der Waals surface area contributed by atoms with Gasteiger partial charge in [0.2, 0.25) is 0 Å². The quantitative estimate of drug-likeness (QED) is 0.219. The van der Waals surface area contributed by atoms with E-state index in [9.17, 15) is 0 Å². The Kier molecular flexibility index (Phi) is 6.04. The molecule has 0 saturated carbocycles. The first-order valence-corrected chi connectivity index (χ1v) is 12.8. The molecule has 5 aromatic carbocycles. The molecular weight excluding hydrogens is 446 g/mol. The summed E-state index contributed by atoms with van der Waals surface area (Å²) in [6, 6.07) is 47.8. The lowest BCUT2D eigenvalue weighted by molar-refractivity contribution is 1.13. The minimum absolute atomic E-state index is 1.17. The van der Waals surface area contributed by atoms with Crippen molar-refractivity contribution >= 4 is 22.6 Å². The molecule has 1 nitrogen and oxygen atoms in total. The van der Waals surface area contributed by atoms with Crippen molar-refractivity contribution in [3.8, 4) is 28.1 Å². The molecule has 0 fully saturated rings. The lowest BCUT2D eigenvalue weighted by Crippen LogP contribution is -1.96. The van der Waals surface area contributed by atoms with E-state index in [1.54, 1.807) is 0 Å². The van der Waals surface area contributed by atoms with Crippen LogP contribution in [-0.2, 0) is 0 Å². The first-order chi connectivity index (χ1) is 18.2. The molecule has 0 aliphatic heterocycles. The van der Waals surface area contributed by atoms with Crippen LogP contribution in [-0.4, -0.2) is 4.57 Å². The lowest BCUT2D eigenvalue weighted by atomic mass is 9.96. The van der Waals surface area contributed by atoms with Crippen molar-refractivity contribution in [3.05, 3.63) is 150 Å². The van der Waals surface area contributed by atoms with Crippen LogP contribution < -0.4 is 0 Å². The number of nitrogens with zero attached hydrogens (tertiary/aromatic N) is 1. The molecule has 0 aliphatic rings. The third-order valence-corrected chi connectivity index (χ3v) is 7.10. The van der Waals surface area contributed by atoms with Crippen molar-refractivity contribution in [1.82, 2.24) is 4.57 Å². The lowest BCUT2D eigenvalue weighted by Gasteiger charge is -2.12. The third kappa shape index (κ3) is 4.52. The van der Waals surface area contributed by atoms with Crippen molar-refractivity contribution in [2.75, 3.05) is 0 Å². The van der Waals surface area contributed by atoms with Gasteiger partial charge in [-0.2, -0.15) is 0 Å². The Morgan fingerprint density at radius 2 is 1.22 bits per heavy atom. The van der Waals surface area contributed by atoms with Gasteiger partial charge in [-0.1, -0.05) is 103 Å². The van der Waals surface area contributed by atoms with Crippen LogP contribution in [0.25, 0.3) is 50.6 Å². The maximum atomic E-state index is 2.36. The molecule has 0 saturated heterocycles. The smallest absolute Gasteiger partial charge is 0.0540 e. The van der Waals surface area contributed by atoms with Crippen molar-refractivity contribution in [2.24, 2.45) is 0 Å². The standard InChI is InChI=1S/C36H29N/c1-26-18-19-30(23-32(26)22-27(2)28-12-6-3-7-13-28)31-20-21-35-33(24-31)25-36(29-14-8-4-9-15-29)37(35)34-16-10-5-11-17-34/h3-25H,1-2H3/b27-22+. The van der Waals surface area contributed by atoms with Gasteiger partial charge in [0, 0.05) is 11.1 Å². The van der Waals surface area contributed by atoms with Crippen molar-refractivity contribution < 1.29 is 0 Å². The van der Waals surface area contributed by atoms with E-state index >= 15 is 0 Å². The minimum atomic E-state index is 1.17. The molecular formula is C36H29N. The Hall–Kier alpha value is -4.62. The number of fused-ring (bicyclic) bond motifs is 1. The molecule has 1 heterocycles. The van der Waals surface area contributed by atoms with Gasteiger partial charge in [-0.3, -0.25) is 0 Å². The fraction of sp³-hybridized carbons (Fsp3) is 0.0556. The Labute approximate surface area is 219 Å². The van der Waals surface area contributed by atoms with E-state index in [-0.39, 0.29) is 0 Å². The molecule has 178 valence electrons. The van der Waals surface area contributed by atoms with Gasteiger partial charge in [-0.05, 0) is 89.2 Å². The number of aryl methyl sites for hydroxylation is 1. The molecule has 6 aromatic rings. The van der Waals surface area contributed by atoms with Gasteiger partial charge in [0.1, 0.15) is 0 Å². The van der Waals surface area contributed by atoms with Crippen LogP contribution >= 0.6 is 0 Å². The number of allylic oxidation sites excluding steroid dienone is 1. The summed E-state index contributed by atoms with van der Waals surface area (Å²) in [5.74, 6) is 0. The normalized spacial score (nSPS) is 11.7. The molecule has 1 heteroatoms. The van der Waals surface area contributed by atoms with Crippen molar-refractivity contribution in [1.29, 1.82) is 0 Å². The zero-order chi connectivity index (χ0) is 25.2. The number of hydrogen-bond acceptors (Lipinski definition) is 0. The van der Waals surface area contributed by atoms with Gasteiger partial charge >= 0.3 is 0 Å². The molecule has 6 rings (SSSR count). The second-order valence-corrected chi connectivity index (χ2v) is 9.60. The zero-order valence-electron chi connectivity index (χ0n) is 21.2.